The molecule has 1 aromatic carbocycles. The lowest BCUT2D eigenvalue weighted by Gasteiger charge is -2.27. The molecule has 5 rings (SSSR count). The largest absolute Gasteiger partial charge is 0.440 e. The highest BCUT2D eigenvalue weighted by atomic mass is 32.2. The zero-order chi connectivity index (χ0) is 21.8. The van der Waals surface area contributed by atoms with Crippen LogP contribution in [0.1, 0.15) is 48.4 Å². The van der Waals surface area contributed by atoms with E-state index in [4.69, 9.17) is 9.52 Å². The first-order valence-corrected chi connectivity index (χ1v) is 12.4. The van der Waals surface area contributed by atoms with Crippen LogP contribution in [0, 0.1) is 12.8 Å². The van der Waals surface area contributed by atoms with E-state index in [1.807, 2.05) is 23.7 Å². The van der Waals surface area contributed by atoms with Crippen molar-refractivity contribution in [1.29, 1.82) is 0 Å². The summed E-state index contributed by atoms with van der Waals surface area (Å²) in [5, 5.41) is 4.79. The van der Waals surface area contributed by atoms with Crippen molar-refractivity contribution in [2.24, 2.45) is 5.92 Å². The number of nitrogens with zero attached hydrogens (tertiary/aromatic N) is 4. The Morgan fingerprint density at radius 1 is 1.16 bits per heavy atom. The zero-order valence-corrected chi connectivity index (χ0v) is 19.1. The molecule has 0 saturated heterocycles. The number of sulfonamides is 1. The molecular weight excluding hydrogens is 412 g/mol. The van der Waals surface area contributed by atoms with Crippen LogP contribution in [0.3, 0.4) is 0 Å². The van der Waals surface area contributed by atoms with Gasteiger partial charge in [-0.05, 0) is 55.4 Å². The molecule has 2 aliphatic rings. The Kier molecular flexibility index (Phi) is 5.01. The van der Waals surface area contributed by atoms with Gasteiger partial charge in [-0.25, -0.2) is 13.4 Å². The fourth-order valence-corrected chi connectivity index (χ4v) is 6.12. The molecule has 0 atom stereocenters. The summed E-state index contributed by atoms with van der Waals surface area (Å²) >= 11 is 0. The van der Waals surface area contributed by atoms with Crippen LogP contribution in [-0.4, -0.2) is 34.0 Å². The van der Waals surface area contributed by atoms with Crippen molar-refractivity contribution in [2.45, 2.75) is 64.4 Å². The summed E-state index contributed by atoms with van der Waals surface area (Å²) in [5.74, 6) is 1.59. The molecule has 1 aliphatic heterocycles. The van der Waals surface area contributed by atoms with Gasteiger partial charge in [0.15, 0.2) is 5.69 Å². The fourth-order valence-electron chi connectivity index (χ4n) is 4.66. The molecule has 0 N–H and O–H groups in total. The minimum atomic E-state index is -3.59. The lowest BCUT2D eigenvalue weighted by molar-refractivity contribution is 0.377. The minimum Gasteiger partial charge on any atom is -0.440 e. The average Bonchev–Trinajstić information content (AvgIpc) is 3.45. The van der Waals surface area contributed by atoms with E-state index in [9.17, 15) is 8.42 Å². The molecule has 3 heterocycles. The molecular formula is C23H28N4O3S. The third-order valence-corrected chi connectivity index (χ3v) is 8.01. The van der Waals surface area contributed by atoms with Gasteiger partial charge in [0.1, 0.15) is 5.76 Å². The minimum absolute atomic E-state index is 0.281. The third-order valence-electron chi connectivity index (χ3n) is 6.17. The highest BCUT2D eigenvalue weighted by Crippen LogP contribution is 2.33. The Hall–Kier alpha value is -2.45. The predicted octanol–water partition coefficient (Wildman–Crippen LogP) is 3.74. The van der Waals surface area contributed by atoms with E-state index in [0.717, 1.165) is 37.1 Å². The molecule has 2 aromatic heterocycles. The molecule has 8 heteroatoms. The number of aromatic nitrogens is 3. The quantitative estimate of drug-likeness (QED) is 0.604. The van der Waals surface area contributed by atoms with Crippen LogP contribution in [0.4, 0.5) is 0 Å². The van der Waals surface area contributed by atoms with Gasteiger partial charge in [-0.2, -0.15) is 9.40 Å². The summed E-state index contributed by atoms with van der Waals surface area (Å²) in [6, 6.07) is 5.61. The number of benzene rings is 1. The number of hydrogen-bond donors (Lipinski definition) is 0. The van der Waals surface area contributed by atoms with Crippen LogP contribution in [0.25, 0.3) is 11.6 Å². The molecule has 7 nitrogen and oxygen atoms in total. The van der Waals surface area contributed by atoms with Crippen LogP contribution in [0.15, 0.2) is 33.7 Å². The van der Waals surface area contributed by atoms with Crippen molar-refractivity contribution in [3.05, 3.63) is 52.5 Å². The number of aryl methyl sites for hydroxylation is 3. The number of rotatable bonds is 5. The van der Waals surface area contributed by atoms with Crippen molar-refractivity contribution >= 4 is 10.0 Å². The Labute approximate surface area is 183 Å². The van der Waals surface area contributed by atoms with Gasteiger partial charge in [0.25, 0.3) is 0 Å². The van der Waals surface area contributed by atoms with Gasteiger partial charge >= 0.3 is 0 Å². The Morgan fingerprint density at radius 3 is 2.71 bits per heavy atom. The van der Waals surface area contributed by atoms with Gasteiger partial charge in [-0.3, -0.25) is 4.68 Å². The summed E-state index contributed by atoms with van der Waals surface area (Å²) in [6.45, 7) is 7.65. The number of hydrogen-bond acceptors (Lipinski definition) is 5. The van der Waals surface area contributed by atoms with E-state index < -0.39 is 10.0 Å². The molecule has 0 radical (unpaired) electrons. The van der Waals surface area contributed by atoms with Crippen LogP contribution in [0.5, 0.6) is 0 Å². The smallest absolute Gasteiger partial charge is 0.247 e. The lowest BCUT2D eigenvalue weighted by Crippen LogP contribution is -2.36. The van der Waals surface area contributed by atoms with E-state index in [0.29, 0.717) is 41.1 Å². The van der Waals surface area contributed by atoms with E-state index in [-0.39, 0.29) is 6.54 Å². The highest BCUT2D eigenvalue weighted by Gasteiger charge is 2.34. The van der Waals surface area contributed by atoms with E-state index in [1.165, 1.54) is 11.1 Å². The molecule has 0 bridgehead atoms. The van der Waals surface area contributed by atoms with Gasteiger partial charge in [0, 0.05) is 37.3 Å². The first kappa shape index (κ1) is 20.5. The standard InChI is InChI=1S/C23H28N4O3S/c1-15(2)13-27-21-9-10-26(14-20(21)22(25-27)23-24-12-16(3)30-23)31(28,29)19-8-7-17-5-4-6-18(17)11-19/h7-8,11-12,15H,4-6,9-10,13-14H2,1-3H3. The SMILES string of the molecule is Cc1cnc(-c2nn(CC(C)C)c3c2CN(S(=O)(=O)c2ccc4c(c2)CCC4)CC3)o1. The Bertz CT molecular complexity index is 1240. The maximum Gasteiger partial charge on any atom is 0.247 e. The van der Waals surface area contributed by atoms with Crippen molar-refractivity contribution in [2.75, 3.05) is 6.54 Å². The molecule has 0 unspecified atom stereocenters. The summed E-state index contributed by atoms with van der Waals surface area (Å²) in [5.41, 5.74) is 5.08. The maximum atomic E-state index is 13.5. The van der Waals surface area contributed by atoms with Crippen molar-refractivity contribution in [3.63, 3.8) is 0 Å². The molecule has 0 amide bonds. The van der Waals surface area contributed by atoms with Gasteiger partial charge < -0.3 is 4.42 Å². The van der Waals surface area contributed by atoms with E-state index in [1.54, 1.807) is 16.6 Å². The van der Waals surface area contributed by atoms with E-state index >= 15 is 0 Å². The van der Waals surface area contributed by atoms with Crippen LogP contribution >= 0.6 is 0 Å². The Morgan fingerprint density at radius 2 is 1.97 bits per heavy atom. The lowest BCUT2D eigenvalue weighted by atomic mass is 10.1. The van der Waals surface area contributed by atoms with E-state index in [2.05, 4.69) is 18.8 Å². The molecule has 0 fully saturated rings. The normalized spacial score (nSPS) is 16.6. The summed E-state index contributed by atoms with van der Waals surface area (Å²) < 4.78 is 36.3. The molecule has 1 aliphatic carbocycles. The monoisotopic (exact) mass is 440 g/mol. The zero-order valence-electron chi connectivity index (χ0n) is 18.3. The topological polar surface area (TPSA) is 81.2 Å². The Balaban J connectivity index is 1.52. The van der Waals surface area contributed by atoms with Crippen LogP contribution < -0.4 is 0 Å². The second kappa shape index (κ2) is 7.60. The van der Waals surface area contributed by atoms with Gasteiger partial charge in [0.05, 0.1) is 11.1 Å². The van der Waals surface area contributed by atoms with Gasteiger partial charge in [0.2, 0.25) is 15.9 Å². The van der Waals surface area contributed by atoms with Crippen molar-refractivity contribution < 1.29 is 12.8 Å². The average molecular weight is 441 g/mol. The van der Waals surface area contributed by atoms with Crippen molar-refractivity contribution in [1.82, 2.24) is 19.1 Å². The molecule has 0 spiro atoms. The molecule has 164 valence electrons. The van der Waals surface area contributed by atoms with Crippen LogP contribution in [0.2, 0.25) is 0 Å². The molecule has 0 saturated carbocycles. The first-order valence-electron chi connectivity index (χ1n) is 11.0. The third kappa shape index (κ3) is 3.61. The van der Waals surface area contributed by atoms with Crippen LogP contribution in [-0.2, 0) is 42.4 Å². The second-order valence-corrected chi connectivity index (χ2v) is 10.9. The first-order chi connectivity index (χ1) is 14.8. The molecule has 31 heavy (non-hydrogen) atoms. The van der Waals surface area contributed by atoms with Gasteiger partial charge in [-0.15, -0.1) is 0 Å². The summed E-state index contributed by atoms with van der Waals surface area (Å²) in [7, 11) is -3.59. The fraction of sp³-hybridized carbons (Fsp3) is 0.478. The van der Waals surface area contributed by atoms with Gasteiger partial charge in [-0.1, -0.05) is 19.9 Å². The number of oxazole rings is 1. The molecule has 3 aromatic rings. The summed E-state index contributed by atoms with van der Waals surface area (Å²) in [6.07, 6.45) is 5.39. The second-order valence-electron chi connectivity index (χ2n) is 9.00. The maximum absolute atomic E-state index is 13.5. The summed E-state index contributed by atoms with van der Waals surface area (Å²) in [4.78, 5) is 4.75. The predicted molar refractivity (Wildman–Crippen MR) is 117 cm³/mol. The highest BCUT2D eigenvalue weighted by molar-refractivity contribution is 7.89. The van der Waals surface area contributed by atoms with Crippen molar-refractivity contribution in [3.8, 4) is 11.6 Å². The number of fused-ring (bicyclic) bond motifs is 2.